The Morgan fingerprint density at radius 3 is 2.47 bits per heavy atom. The molecule has 0 saturated carbocycles. The summed E-state index contributed by atoms with van der Waals surface area (Å²) in [6.45, 7) is 0. The molecule has 5 heteroatoms. The van der Waals surface area contributed by atoms with Crippen molar-refractivity contribution in [1.29, 1.82) is 0 Å². The molecule has 0 radical (unpaired) electrons. The fourth-order valence-corrected chi connectivity index (χ4v) is 1.24. The Bertz CT molecular complexity index is 379. The SMILES string of the molecule is O=C(CCCCl)c1ccc(F)c(F)c1F. The van der Waals surface area contributed by atoms with Gasteiger partial charge < -0.3 is 0 Å². The minimum atomic E-state index is -1.62. The Kier molecular flexibility index (Phi) is 4.15. The maximum absolute atomic E-state index is 13.1. The molecule has 0 aromatic heterocycles. The van der Waals surface area contributed by atoms with Gasteiger partial charge in [0.2, 0.25) is 0 Å². The predicted molar refractivity (Wildman–Crippen MR) is 50.6 cm³/mol. The van der Waals surface area contributed by atoms with E-state index in [2.05, 4.69) is 0 Å². The first kappa shape index (κ1) is 12.0. The molecule has 0 unspecified atom stereocenters. The Morgan fingerprint density at radius 2 is 1.87 bits per heavy atom. The van der Waals surface area contributed by atoms with Gasteiger partial charge in [0.25, 0.3) is 0 Å². The molecule has 0 spiro atoms. The first-order chi connectivity index (χ1) is 7.07. The minimum absolute atomic E-state index is 0.0193. The zero-order valence-electron chi connectivity index (χ0n) is 7.70. The molecule has 0 atom stereocenters. The Hall–Kier alpha value is -1.03. The summed E-state index contributed by atoms with van der Waals surface area (Å²) < 4.78 is 38.3. The number of carbonyl (C=O) groups is 1. The molecule has 0 aliphatic carbocycles. The highest BCUT2D eigenvalue weighted by Gasteiger charge is 2.17. The van der Waals surface area contributed by atoms with Crippen LogP contribution in [0.5, 0.6) is 0 Å². The van der Waals surface area contributed by atoms with Gasteiger partial charge in [-0.1, -0.05) is 0 Å². The second-order valence-electron chi connectivity index (χ2n) is 2.94. The fraction of sp³-hybridized carbons (Fsp3) is 0.300. The number of ketones is 1. The summed E-state index contributed by atoms with van der Waals surface area (Å²) in [6.07, 6.45) is 0.393. The zero-order valence-corrected chi connectivity index (χ0v) is 8.45. The Balaban J connectivity index is 2.95. The van der Waals surface area contributed by atoms with Crippen molar-refractivity contribution in [2.24, 2.45) is 0 Å². The molecular weight excluding hydrogens is 229 g/mol. The van der Waals surface area contributed by atoms with Crippen LogP contribution in [0.4, 0.5) is 13.2 Å². The van der Waals surface area contributed by atoms with Crippen molar-refractivity contribution in [3.05, 3.63) is 35.1 Å². The molecule has 1 aromatic carbocycles. The molecule has 0 heterocycles. The van der Waals surface area contributed by atoms with E-state index in [-0.39, 0.29) is 12.3 Å². The van der Waals surface area contributed by atoms with Crippen LogP contribution in [0, 0.1) is 17.5 Å². The normalized spacial score (nSPS) is 10.4. The minimum Gasteiger partial charge on any atom is -0.294 e. The monoisotopic (exact) mass is 236 g/mol. The summed E-state index contributed by atoms with van der Waals surface area (Å²) in [4.78, 5) is 11.3. The summed E-state index contributed by atoms with van der Waals surface area (Å²) in [6, 6.07) is 1.66. The number of hydrogen-bond donors (Lipinski definition) is 0. The summed E-state index contributed by atoms with van der Waals surface area (Å²) >= 11 is 5.35. The van der Waals surface area contributed by atoms with Crippen LogP contribution in [0.25, 0.3) is 0 Å². The molecule has 0 N–H and O–H groups in total. The van der Waals surface area contributed by atoms with Gasteiger partial charge in [-0.2, -0.15) is 0 Å². The Labute approximate surface area is 89.9 Å². The van der Waals surface area contributed by atoms with Gasteiger partial charge in [-0.3, -0.25) is 4.79 Å². The molecule has 0 amide bonds. The summed E-state index contributed by atoms with van der Waals surface area (Å²) in [5.41, 5.74) is -0.431. The molecule has 1 rings (SSSR count). The fourth-order valence-electron chi connectivity index (χ4n) is 1.10. The lowest BCUT2D eigenvalue weighted by Gasteiger charge is -2.02. The van der Waals surface area contributed by atoms with Crippen LogP contribution in [-0.2, 0) is 0 Å². The number of hydrogen-bond acceptors (Lipinski definition) is 1. The van der Waals surface area contributed by atoms with Crippen LogP contribution in [0.3, 0.4) is 0 Å². The van der Waals surface area contributed by atoms with Crippen LogP contribution in [-0.4, -0.2) is 11.7 Å². The highest BCUT2D eigenvalue weighted by Crippen LogP contribution is 2.17. The molecule has 0 aliphatic heterocycles. The van der Waals surface area contributed by atoms with Crippen LogP contribution in [0.2, 0.25) is 0 Å². The average Bonchev–Trinajstić information content (AvgIpc) is 2.23. The third-order valence-electron chi connectivity index (χ3n) is 1.87. The Morgan fingerprint density at radius 1 is 1.20 bits per heavy atom. The van der Waals surface area contributed by atoms with Crippen LogP contribution in [0.1, 0.15) is 23.2 Å². The van der Waals surface area contributed by atoms with E-state index in [1.807, 2.05) is 0 Å². The van der Waals surface area contributed by atoms with Crippen molar-refractivity contribution in [3.63, 3.8) is 0 Å². The molecular formula is C10H8ClF3O. The van der Waals surface area contributed by atoms with E-state index in [4.69, 9.17) is 11.6 Å². The second kappa shape index (κ2) is 5.16. The topological polar surface area (TPSA) is 17.1 Å². The highest BCUT2D eigenvalue weighted by atomic mass is 35.5. The van der Waals surface area contributed by atoms with Crippen molar-refractivity contribution >= 4 is 17.4 Å². The number of rotatable bonds is 4. The number of carbonyl (C=O) groups excluding carboxylic acids is 1. The van der Waals surface area contributed by atoms with Crippen molar-refractivity contribution < 1.29 is 18.0 Å². The van der Waals surface area contributed by atoms with Crippen molar-refractivity contribution in [2.45, 2.75) is 12.8 Å². The quantitative estimate of drug-likeness (QED) is 0.445. The van der Waals surface area contributed by atoms with E-state index in [0.29, 0.717) is 6.42 Å². The van der Waals surface area contributed by atoms with E-state index in [1.165, 1.54) is 0 Å². The van der Waals surface area contributed by atoms with Gasteiger partial charge in [0.05, 0.1) is 5.56 Å². The highest BCUT2D eigenvalue weighted by molar-refractivity contribution is 6.18. The number of benzene rings is 1. The number of alkyl halides is 1. The van der Waals surface area contributed by atoms with Gasteiger partial charge >= 0.3 is 0 Å². The third-order valence-corrected chi connectivity index (χ3v) is 2.14. The molecule has 1 nitrogen and oxygen atoms in total. The van der Waals surface area contributed by atoms with Gasteiger partial charge in [-0.15, -0.1) is 11.6 Å². The van der Waals surface area contributed by atoms with Crippen molar-refractivity contribution in [2.75, 3.05) is 5.88 Å². The van der Waals surface area contributed by atoms with Gasteiger partial charge in [0.15, 0.2) is 23.2 Å². The van der Waals surface area contributed by atoms with Gasteiger partial charge in [-0.05, 0) is 18.6 Å². The maximum atomic E-state index is 13.1. The molecule has 82 valence electrons. The van der Waals surface area contributed by atoms with Gasteiger partial charge in [-0.25, -0.2) is 13.2 Å². The molecule has 0 aliphatic rings. The molecule has 15 heavy (non-hydrogen) atoms. The van der Waals surface area contributed by atoms with Crippen molar-refractivity contribution in [1.82, 2.24) is 0 Å². The maximum Gasteiger partial charge on any atom is 0.195 e. The van der Waals surface area contributed by atoms with Gasteiger partial charge in [0, 0.05) is 12.3 Å². The van der Waals surface area contributed by atoms with Crippen LogP contribution >= 0.6 is 11.6 Å². The van der Waals surface area contributed by atoms with Crippen LogP contribution in [0.15, 0.2) is 12.1 Å². The van der Waals surface area contributed by atoms with Crippen LogP contribution < -0.4 is 0 Å². The average molecular weight is 237 g/mol. The number of halogens is 4. The lowest BCUT2D eigenvalue weighted by atomic mass is 10.1. The predicted octanol–water partition coefficient (Wildman–Crippen LogP) is 3.31. The lowest BCUT2D eigenvalue weighted by molar-refractivity contribution is 0.0977. The van der Waals surface area contributed by atoms with E-state index in [9.17, 15) is 18.0 Å². The van der Waals surface area contributed by atoms with Crippen molar-refractivity contribution in [3.8, 4) is 0 Å². The standard InChI is InChI=1S/C10H8ClF3O/c11-5-1-2-8(15)6-3-4-7(12)10(14)9(6)13/h3-4H,1-2,5H2. The molecule has 0 bridgehead atoms. The van der Waals surface area contributed by atoms with E-state index < -0.39 is 28.8 Å². The third kappa shape index (κ3) is 2.72. The first-order valence-electron chi connectivity index (χ1n) is 4.30. The number of Topliss-reactive ketones (excluding diaryl/α,β-unsaturated/α-hetero) is 1. The second-order valence-corrected chi connectivity index (χ2v) is 3.32. The summed E-state index contributed by atoms with van der Waals surface area (Å²) in [7, 11) is 0. The lowest BCUT2D eigenvalue weighted by Crippen LogP contribution is -2.05. The zero-order chi connectivity index (χ0) is 11.4. The molecule has 1 aromatic rings. The van der Waals surface area contributed by atoms with E-state index in [1.54, 1.807) is 0 Å². The van der Waals surface area contributed by atoms with E-state index >= 15 is 0 Å². The van der Waals surface area contributed by atoms with Gasteiger partial charge in [0.1, 0.15) is 0 Å². The summed E-state index contributed by atoms with van der Waals surface area (Å²) in [5, 5.41) is 0. The largest absolute Gasteiger partial charge is 0.294 e. The first-order valence-corrected chi connectivity index (χ1v) is 4.84. The molecule has 0 saturated heterocycles. The summed E-state index contributed by atoms with van der Waals surface area (Å²) in [5.74, 6) is -4.67. The van der Waals surface area contributed by atoms with E-state index in [0.717, 1.165) is 12.1 Å². The molecule has 0 fully saturated rings. The smallest absolute Gasteiger partial charge is 0.195 e.